The highest BCUT2D eigenvalue weighted by molar-refractivity contribution is 5.81. The fraction of sp³-hybridized carbons (Fsp3) is 0.417. The molecule has 6 heteroatoms. The SMILES string of the molecule is CN(CC(F)(F)F)C(=O)[C@H](N)Cc1ccccc1. The lowest BCUT2D eigenvalue weighted by molar-refractivity contribution is -0.159. The predicted molar refractivity (Wildman–Crippen MR) is 61.8 cm³/mol. The highest BCUT2D eigenvalue weighted by atomic mass is 19.4. The molecule has 0 spiro atoms. The van der Waals surface area contributed by atoms with Crippen molar-refractivity contribution in [3.05, 3.63) is 35.9 Å². The first-order valence-electron chi connectivity index (χ1n) is 5.41. The zero-order valence-electron chi connectivity index (χ0n) is 9.95. The second-order valence-electron chi connectivity index (χ2n) is 4.11. The number of carbonyl (C=O) groups is 1. The molecule has 0 saturated heterocycles. The fourth-order valence-corrected chi connectivity index (χ4v) is 1.59. The van der Waals surface area contributed by atoms with Gasteiger partial charge in [0.1, 0.15) is 6.54 Å². The zero-order valence-corrected chi connectivity index (χ0v) is 9.95. The van der Waals surface area contributed by atoms with Crippen LogP contribution in [0.25, 0.3) is 0 Å². The van der Waals surface area contributed by atoms with Gasteiger partial charge in [-0.2, -0.15) is 13.2 Å². The zero-order chi connectivity index (χ0) is 13.8. The fourth-order valence-electron chi connectivity index (χ4n) is 1.59. The topological polar surface area (TPSA) is 46.3 Å². The Morgan fingerprint density at radius 1 is 1.33 bits per heavy atom. The molecule has 0 fully saturated rings. The smallest absolute Gasteiger partial charge is 0.335 e. The number of hydrogen-bond acceptors (Lipinski definition) is 2. The third-order valence-corrected chi connectivity index (χ3v) is 2.41. The molecule has 0 aliphatic heterocycles. The van der Waals surface area contributed by atoms with Crippen LogP contribution in [0.3, 0.4) is 0 Å². The minimum atomic E-state index is -4.41. The number of nitrogens with two attached hydrogens (primary N) is 1. The van der Waals surface area contributed by atoms with Crippen LogP contribution in [0.15, 0.2) is 30.3 Å². The first-order chi connectivity index (χ1) is 8.29. The van der Waals surface area contributed by atoms with Crippen molar-refractivity contribution in [1.29, 1.82) is 0 Å². The van der Waals surface area contributed by atoms with Gasteiger partial charge < -0.3 is 10.6 Å². The van der Waals surface area contributed by atoms with Gasteiger partial charge in [0.25, 0.3) is 0 Å². The molecule has 1 aromatic rings. The molecule has 0 radical (unpaired) electrons. The first kappa shape index (κ1) is 14.5. The van der Waals surface area contributed by atoms with Crippen LogP contribution >= 0.6 is 0 Å². The van der Waals surface area contributed by atoms with Crippen molar-refractivity contribution in [2.24, 2.45) is 5.73 Å². The molecule has 0 saturated carbocycles. The number of carbonyl (C=O) groups excluding carboxylic acids is 1. The van der Waals surface area contributed by atoms with Crippen LogP contribution in [0.1, 0.15) is 5.56 Å². The molecular formula is C12H15F3N2O. The van der Waals surface area contributed by atoms with Crippen LogP contribution in [0.5, 0.6) is 0 Å². The molecule has 0 unspecified atom stereocenters. The third kappa shape index (κ3) is 4.75. The lowest BCUT2D eigenvalue weighted by Gasteiger charge is -2.22. The molecule has 0 aliphatic rings. The van der Waals surface area contributed by atoms with Crippen molar-refractivity contribution >= 4 is 5.91 Å². The third-order valence-electron chi connectivity index (χ3n) is 2.41. The number of halogens is 3. The number of likely N-dealkylation sites (N-methyl/N-ethyl adjacent to an activating group) is 1. The van der Waals surface area contributed by atoms with Gasteiger partial charge >= 0.3 is 6.18 Å². The minimum absolute atomic E-state index is 0.224. The van der Waals surface area contributed by atoms with Crippen LogP contribution in [0.2, 0.25) is 0 Å². The van der Waals surface area contributed by atoms with E-state index in [0.717, 1.165) is 12.6 Å². The van der Waals surface area contributed by atoms with E-state index >= 15 is 0 Å². The Bertz CT molecular complexity index is 392. The van der Waals surface area contributed by atoms with Crippen molar-refractivity contribution in [3.8, 4) is 0 Å². The summed E-state index contributed by atoms with van der Waals surface area (Å²) in [4.78, 5) is 12.2. The molecule has 0 aliphatic carbocycles. The van der Waals surface area contributed by atoms with Crippen molar-refractivity contribution in [1.82, 2.24) is 4.90 Å². The maximum atomic E-state index is 12.1. The highest BCUT2D eigenvalue weighted by Gasteiger charge is 2.32. The van der Waals surface area contributed by atoms with Crippen molar-refractivity contribution in [2.45, 2.75) is 18.6 Å². The molecule has 2 N–H and O–H groups in total. The minimum Gasteiger partial charge on any atom is -0.335 e. The molecule has 1 atom stereocenters. The lowest BCUT2D eigenvalue weighted by atomic mass is 10.1. The van der Waals surface area contributed by atoms with E-state index in [9.17, 15) is 18.0 Å². The van der Waals surface area contributed by atoms with Crippen molar-refractivity contribution < 1.29 is 18.0 Å². The number of nitrogens with zero attached hydrogens (tertiary/aromatic N) is 1. The van der Waals surface area contributed by atoms with E-state index in [-0.39, 0.29) is 6.42 Å². The Morgan fingerprint density at radius 2 is 1.89 bits per heavy atom. The largest absolute Gasteiger partial charge is 0.406 e. The van der Waals surface area contributed by atoms with Gasteiger partial charge in [0, 0.05) is 7.05 Å². The summed E-state index contributed by atoms with van der Waals surface area (Å²) in [6, 6.07) is 7.97. The molecule has 0 heterocycles. The predicted octanol–water partition coefficient (Wildman–Crippen LogP) is 1.58. The van der Waals surface area contributed by atoms with Crippen molar-refractivity contribution in [2.75, 3.05) is 13.6 Å². The number of amides is 1. The number of rotatable bonds is 4. The average Bonchev–Trinajstić information content (AvgIpc) is 2.27. The monoisotopic (exact) mass is 260 g/mol. The molecule has 3 nitrogen and oxygen atoms in total. The Labute approximate surface area is 103 Å². The Balaban J connectivity index is 2.56. The summed E-state index contributed by atoms with van der Waals surface area (Å²) in [7, 11) is 1.10. The maximum Gasteiger partial charge on any atom is 0.406 e. The quantitative estimate of drug-likeness (QED) is 0.893. The molecule has 0 bridgehead atoms. The van der Waals surface area contributed by atoms with Gasteiger partial charge in [-0.05, 0) is 12.0 Å². The Hall–Kier alpha value is -1.56. The summed E-state index contributed by atoms with van der Waals surface area (Å²) in [6.07, 6.45) is -4.18. The van der Waals surface area contributed by atoms with E-state index in [1.54, 1.807) is 24.3 Å². The van der Waals surface area contributed by atoms with E-state index < -0.39 is 24.7 Å². The summed E-state index contributed by atoms with van der Waals surface area (Å²) in [6.45, 7) is -1.28. The van der Waals surface area contributed by atoms with Crippen molar-refractivity contribution in [3.63, 3.8) is 0 Å². The summed E-state index contributed by atoms with van der Waals surface area (Å²) >= 11 is 0. The lowest BCUT2D eigenvalue weighted by Crippen LogP contribution is -2.46. The van der Waals surface area contributed by atoms with Crippen LogP contribution in [-0.4, -0.2) is 36.6 Å². The van der Waals surface area contributed by atoms with Crippen LogP contribution in [0, 0.1) is 0 Å². The molecule has 100 valence electrons. The highest BCUT2D eigenvalue weighted by Crippen LogP contribution is 2.16. The van der Waals surface area contributed by atoms with Gasteiger partial charge in [-0.3, -0.25) is 4.79 Å². The Kier molecular flexibility index (Phi) is 4.72. The normalized spacial score (nSPS) is 13.2. The molecular weight excluding hydrogens is 245 g/mol. The second-order valence-corrected chi connectivity index (χ2v) is 4.11. The number of hydrogen-bond donors (Lipinski definition) is 1. The summed E-state index contributed by atoms with van der Waals surface area (Å²) in [5.41, 5.74) is 6.43. The van der Waals surface area contributed by atoms with Gasteiger partial charge in [0.15, 0.2) is 0 Å². The van der Waals surface area contributed by atoms with E-state index in [1.165, 1.54) is 0 Å². The van der Waals surface area contributed by atoms with Gasteiger partial charge in [-0.15, -0.1) is 0 Å². The molecule has 1 amide bonds. The van der Waals surface area contributed by atoms with Crippen LogP contribution < -0.4 is 5.73 Å². The van der Waals surface area contributed by atoms with Gasteiger partial charge in [0.05, 0.1) is 6.04 Å². The van der Waals surface area contributed by atoms with Crippen LogP contribution in [-0.2, 0) is 11.2 Å². The molecule has 18 heavy (non-hydrogen) atoms. The second kappa shape index (κ2) is 5.86. The van der Waals surface area contributed by atoms with Gasteiger partial charge in [-0.25, -0.2) is 0 Å². The van der Waals surface area contributed by atoms with Gasteiger partial charge in [0.2, 0.25) is 5.91 Å². The summed E-state index contributed by atoms with van der Waals surface area (Å²) in [5, 5.41) is 0. The Morgan fingerprint density at radius 3 is 2.39 bits per heavy atom. The van der Waals surface area contributed by atoms with Gasteiger partial charge in [-0.1, -0.05) is 30.3 Å². The van der Waals surface area contributed by atoms with Crippen LogP contribution in [0.4, 0.5) is 13.2 Å². The molecule has 1 aromatic carbocycles. The molecule has 0 aromatic heterocycles. The number of alkyl halides is 3. The first-order valence-corrected chi connectivity index (χ1v) is 5.41. The molecule has 1 rings (SSSR count). The maximum absolute atomic E-state index is 12.1. The summed E-state index contributed by atoms with van der Waals surface area (Å²) < 4.78 is 36.4. The average molecular weight is 260 g/mol. The summed E-state index contributed by atoms with van der Waals surface area (Å²) in [5.74, 6) is -0.712. The van der Waals surface area contributed by atoms with E-state index in [2.05, 4.69) is 0 Å². The van der Waals surface area contributed by atoms with E-state index in [1.807, 2.05) is 6.07 Å². The van der Waals surface area contributed by atoms with E-state index in [0.29, 0.717) is 4.90 Å². The standard InChI is InChI=1S/C12H15F3N2O/c1-17(8-12(13,14)15)11(18)10(16)7-9-5-3-2-4-6-9/h2-6,10H,7-8,16H2,1H3/t10-/m1/s1. The number of benzene rings is 1. The van der Waals surface area contributed by atoms with E-state index in [4.69, 9.17) is 5.73 Å².